The monoisotopic (exact) mass is 264 g/mol. The Morgan fingerprint density at radius 1 is 1.21 bits per heavy atom. The first kappa shape index (κ1) is 14.1. The number of carbonyl (C=O) groups excluding carboxylic acids is 1. The van der Waals surface area contributed by atoms with E-state index in [1.807, 2.05) is 15.7 Å². The van der Waals surface area contributed by atoms with Gasteiger partial charge in [-0.2, -0.15) is 0 Å². The summed E-state index contributed by atoms with van der Waals surface area (Å²) in [4.78, 5) is 20.6. The molecular formula is C14H24N4O. The number of nitrogens with zero attached hydrogens (tertiary/aromatic N) is 4. The first-order chi connectivity index (χ1) is 8.97. The van der Waals surface area contributed by atoms with Gasteiger partial charge in [-0.05, 0) is 27.2 Å². The molecule has 0 radical (unpaired) electrons. The number of carbonyl (C=O) groups is 1. The van der Waals surface area contributed by atoms with E-state index in [9.17, 15) is 4.79 Å². The highest BCUT2D eigenvalue weighted by atomic mass is 16.2. The fourth-order valence-corrected chi connectivity index (χ4v) is 2.47. The molecule has 1 fully saturated rings. The number of amides is 1. The van der Waals surface area contributed by atoms with Crippen LogP contribution in [-0.2, 0) is 11.3 Å². The summed E-state index contributed by atoms with van der Waals surface area (Å²) < 4.78 is 1.83. The fraction of sp³-hybridized carbons (Fsp3) is 0.714. The second-order valence-electron chi connectivity index (χ2n) is 6.13. The summed E-state index contributed by atoms with van der Waals surface area (Å²) in [5, 5.41) is 0. The van der Waals surface area contributed by atoms with Gasteiger partial charge in [0, 0.05) is 44.1 Å². The molecule has 1 aromatic heterocycles. The highest BCUT2D eigenvalue weighted by molar-refractivity contribution is 5.76. The lowest BCUT2D eigenvalue weighted by atomic mass is 10.1. The van der Waals surface area contributed by atoms with Gasteiger partial charge in [0.2, 0.25) is 5.91 Å². The van der Waals surface area contributed by atoms with Crippen molar-refractivity contribution in [2.45, 2.75) is 39.3 Å². The van der Waals surface area contributed by atoms with Gasteiger partial charge in [-0.1, -0.05) is 0 Å². The Morgan fingerprint density at radius 2 is 2.00 bits per heavy atom. The molecule has 1 saturated heterocycles. The van der Waals surface area contributed by atoms with E-state index < -0.39 is 0 Å². The van der Waals surface area contributed by atoms with Crippen molar-refractivity contribution < 1.29 is 4.79 Å². The second-order valence-corrected chi connectivity index (χ2v) is 6.13. The molecule has 0 bridgehead atoms. The zero-order chi connectivity index (χ0) is 13.9. The van der Waals surface area contributed by atoms with Gasteiger partial charge < -0.3 is 9.47 Å². The van der Waals surface area contributed by atoms with Crippen LogP contribution in [0.2, 0.25) is 0 Å². The van der Waals surface area contributed by atoms with E-state index in [4.69, 9.17) is 0 Å². The molecule has 5 heteroatoms. The predicted molar refractivity (Wildman–Crippen MR) is 74.8 cm³/mol. The van der Waals surface area contributed by atoms with Crippen molar-refractivity contribution in [1.82, 2.24) is 19.4 Å². The average Bonchev–Trinajstić information content (AvgIpc) is 2.69. The molecule has 19 heavy (non-hydrogen) atoms. The highest BCUT2D eigenvalue weighted by Crippen LogP contribution is 2.16. The van der Waals surface area contributed by atoms with Gasteiger partial charge in [0.15, 0.2) is 0 Å². The van der Waals surface area contributed by atoms with E-state index in [0.29, 0.717) is 6.54 Å². The Bertz CT molecular complexity index is 408. The molecule has 0 aliphatic carbocycles. The summed E-state index contributed by atoms with van der Waals surface area (Å²) in [6, 6.07) is 0. The SMILES string of the molecule is CC(C)(C)N1CCCN(C(=O)Cn2ccnc2)CC1. The molecule has 0 saturated carbocycles. The maximum absolute atomic E-state index is 12.2. The van der Waals surface area contributed by atoms with Crippen molar-refractivity contribution in [3.63, 3.8) is 0 Å². The number of rotatable bonds is 2. The maximum atomic E-state index is 12.2. The van der Waals surface area contributed by atoms with Crippen LogP contribution in [0.15, 0.2) is 18.7 Å². The van der Waals surface area contributed by atoms with E-state index in [2.05, 4.69) is 30.7 Å². The third kappa shape index (κ3) is 3.80. The minimum Gasteiger partial charge on any atom is -0.340 e. The summed E-state index contributed by atoms with van der Waals surface area (Å²) in [6.07, 6.45) is 6.28. The van der Waals surface area contributed by atoms with Crippen LogP contribution in [0.25, 0.3) is 0 Å². The van der Waals surface area contributed by atoms with Crippen molar-refractivity contribution in [1.29, 1.82) is 0 Å². The van der Waals surface area contributed by atoms with Crippen molar-refractivity contribution in [3.8, 4) is 0 Å². The van der Waals surface area contributed by atoms with Gasteiger partial charge in [0.1, 0.15) is 6.54 Å². The minimum absolute atomic E-state index is 0.184. The van der Waals surface area contributed by atoms with Crippen LogP contribution in [0.4, 0.5) is 0 Å². The first-order valence-corrected chi connectivity index (χ1v) is 6.95. The minimum atomic E-state index is 0.184. The van der Waals surface area contributed by atoms with E-state index in [1.54, 1.807) is 12.5 Å². The number of aromatic nitrogens is 2. The van der Waals surface area contributed by atoms with Crippen molar-refractivity contribution in [2.24, 2.45) is 0 Å². The van der Waals surface area contributed by atoms with Crippen molar-refractivity contribution in [3.05, 3.63) is 18.7 Å². The van der Waals surface area contributed by atoms with Crippen LogP contribution in [0.3, 0.4) is 0 Å². The van der Waals surface area contributed by atoms with E-state index in [1.165, 1.54) is 0 Å². The average molecular weight is 264 g/mol. The zero-order valence-electron chi connectivity index (χ0n) is 12.2. The molecule has 1 amide bonds. The van der Waals surface area contributed by atoms with Crippen molar-refractivity contribution >= 4 is 5.91 Å². The number of imidazole rings is 1. The summed E-state index contributed by atoms with van der Waals surface area (Å²) >= 11 is 0. The molecule has 106 valence electrons. The van der Waals surface area contributed by atoms with Gasteiger partial charge >= 0.3 is 0 Å². The molecule has 0 N–H and O–H groups in total. The molecule has 0 spiro atoms. The number of hydrogen-bond acceptors (Lipinski definition) is 3. The van der Waals surface area contributed by atoms with Crippen LogP contribution >= 0.6 is 0 Å². The fourth-order valence-electron chi connectivity index (χ4n) is 2.47. The molecule has 0 aromatic carbocycles. The first-order valence-electron chi connectivity index (χ1n) is 6.95. The normalized spacial score (nSPS) is 18.4. The Kier molecular flexibility index (Phi) is 4.24. The molecular weight excluding hydrogens is 240 g/mol. The van der Waals surface area contributed by atoms with Gasteiger partial charge in [0.05, 0.1) is 6.33 Å². The Labute approximate surface area is 115 Å². The summed E-state index contributed by atoms with van der Waals surface area (Å²) in [5.41, 5.74) is 0.184. The van der Waals surface area contributed by atoms with Gasteiger partial charge in [-0.3, -0.25) is 9.69 Å². The molecule has 1 aromatic rings. The lowest BCUT2D eigenvalue weighted by molar-refractivity contribution is -0.131. The Balaban J connectivity index is 1.90. The van der Waals surface area contributed by atoms with Crippen LogP contribution in [0, 0.1) is 0 Å². The van der Waals surface area contributed by atoms with E-state index >= 15 is 0 Å². The molecule has 0 unspecified atom stereocenters. The molecule has 2 rings (SSSR count). The summed E-state index contributed by atoms with van der Waals surface area (Å²) in [5.74, 6) is 0.189. The lowest BCUT2D eigenvalue weighted by Crippen LogP contribution is -2.44. The van der Waals surface area contributed by atoms with Crippen LogP contribution < -0.4 is 0 Å². The predicted octanol–water partition coefficient (Wildman–Crippen LogP) is 1.22. The molecule has 1 aliphatic rings. The topological polar surface area (TPSA) is 41.4 Å². The third-order valence-corrected chi connectivity index (χ3v) is 3.67. The Hall–Kier alpha value is -1.36. The number of hydrogen-bond donors (Lipinski definition) is 0. The maximum Gasteiger partial charge on any atom is 0.242 e. The zero-order valence-corrected chi connectivity index (χ0v) is 12.2. The van der Waals surface area contributed by atoms with Gasteiger partial charge in [-0.25, -0.2) is 4.98 Å². The van der Waals surface area contributed by atoms with Crippen LogP contribution in [0.5, 0.6) is 0 Å². The molecule has 2 heterocycles. The van der Waals surface area contributed by atoms with E-state index in [-0.39, 0.29) is 11.4 Å². The Morgan fingerprint density at radius 3 is 2.63 bits per heavy atom. The highest BCUT2D eigenvalue weighted by Gasteiger charge is 2.25. The molecule has 5 nitrogen and oxygen atoms in total. The van der Waals surface area contributed by atoms with Crippen LogP contribution in [-0.4, -0.2) is 57.0 Å². The summed E-state index contributed by atoms with van der Waals surface area (Å²) in [6.45, 7) is 10.8. The molecule has 1 aliphatic heterocycles. The summed E-state index contributed by atoms with van der Waals surface area (Å²) in [7, 11) is 0. The largest absolute Gasteiger partial charge is 0.340 e. The third-order valence-electron chi connectivity index (χ3n) is 3.67. The lowest BCUT2D eigenvalue weighted by Gasteiger charge is -2.34. The second kappa shape index (κ2) is 5.74. The van der Waals surface area contributed by atoms with E-state index in [0.717, 1.165) is 32.6 Å². The van der Waals surface area contributed by atoms with Crippen molar-refractivity contribution in [2.75, 3.05) is 26.2 Å². The van der Waals surface area contributed by atoms with Crippen LogP contribution in [0.1, 0.15) is 27.2 Å². The smallest absolute Gasteiger partial charge is 0.242 e. The quantitative estimate of drug-likeness (QED) is 0.806. The standard InChI is InChI=1S/C14H24N4O/c1-14(2,3)18-7-4-6-17(9-10-18)13(19)11-16-8-5-15-12-16/h5,8,12H,4,6-7,9-11H2,1-3H3. The van der Waals surface area contributed by atoms with Gasteiger partial charge in [-0.15, -0.1) is 0 Å². The van der Waals surface area contributed by atoms with Gasteiger partial charge in [0.25, 0.3) is 0 Å². The molecule has 0 atom stereocenters.